The molecule has 1 amide bonds. The molecule has 0 bridgehead atoms. The average molecular weight is 226 g/mol. The number of nitrogens with one attached hydrogen (secondary N) is 2. The third-order valence-corrected chi connectivity index (χ3v) is 4.14. The van der Waals surface area contributed by atoms with Crippen molar-refractivity contribution < 1.29 is 4.79 Å². The van der Waals surface area contributed by atoms with E-state index in [4.69, 9.17) is 0 Å². The molecule has 1 aliphatic rings. The van der Waals surface area contributed by atoms with Crippen LogP contribution in [0.5, 0.6) is 0 Å². The Labute approximate surface area is 99.4 Å². The number of carbonyl (C=O) groups is 1. The first-order valence-corrected chi connectivity index (χ1v) is 6.31. The lowest BCUT2D eigenvalue weighted by atomic mass is 9.81. The molecule has 94 valence electrons. The topological polar surface area (TPSA) is 41.1 Å². The Hall–Kier alpha value is -0.570. The quantitative estimate of drug-likeness (QED) is 0.769. The molecule has 16 heavy (non-hydrogen) atoms. The van der Waals surface area contributed by atoms with Gasteiger partial charge in [-0.2, -0.15) is 0 Å². The number of hydrogen-bond donors (Lipinski definition) is 2. The minimum Gasteiger partial charge on any atom is -0.354 e. The fraction of sp³-hybridized carbons (Fsp3) is 0.923. The monoisotopic (exact) mass is 226 g/mol. The van der Waals surface area contributed by atoms with E-state index in [1.165, 1.54) is 0 Å². The summed E-state index contributed by atoms with van der Waals surface area (Å²) in [6.07, 6.45) is 2.04. The van der Waals surface area contributed by atoms with Crippen molar-refractivity contribution in [3.05, 3.63) is 0 Å². The normalized spacial score (nSPS) is 26.1. The zero-order valence-corrected chi connectivity index (χ0v) is 11.3. The molecule has 1 aliphatic heterocycles. The van der Waals surface area contributed by atoms with Gasteiger partial charge in [0.05, 0.1) is 5.54 Å². The summed E-state index contributed by atoms with van der Waals surface area (Å²) in [6.45, 7) is 12.5. The van der Waals surface area contributed by atoms with Crippen molar-refractivity contribution >= 4 is 5.91 Å². The van der Waals surface area contributed by atoms with Crippen LogP contribution >= 0.6 is 0 Å². The molecule has 3 heteroatoms. The van der Waals surface area contributed by atoms with Crippen LogP contribution in [0.25, 0.3) is 0 Å². The number of amides is 1. The van der Waals surface area contributed by atoms with Gasteiger partial charge in [-0.3, -0.25) is 4.79 Å². The average Bonchev–Trinajstić information content (AvgIpc) is 2.62. The van der Waals surface area contributed by atoms with Gasteiger partial charge in [0.15, 0.2) is 0 Å². The van der Waals surface area contributed by atoms with Crippen LogP contribution < -0.4 is 10.6 Å². The summed E-state index contributed by atoms with van der Waals surface area (Å²) < 4.78 is 0. The van der Waals surface area contributed by atoms with Crippen LogP contribution in [-0.2, 0) is 4.79 Å². The summed E-state index contributed by atoms with van der Waals surface area (Å²) in [7, 11) is 0. The first-order chi connectivity index (χ1) is 7.28. The molecule has 1 unspecified atom stereocenters. The first-order valence-electron chi connectivity index (χ1n) is 6.31. The zero-order chi connectivity index (χ0) is 12.4. The van der Waals surface area contributed by atoms with Gasteiger partial charge in [0, 0.05) is 6.54 Å². The van der Waals surface area contributed by atoms with E-state index in [1.807, 2.05) is 6.92 Å². The maximum Gasteiger partial charge on any atom is 0.240 e. The molecule has 2 N–H and O–H groups in total. The molecule has 0 aromatic rings. The van der Waals surface area contributed by atoms with Crippen molar-refractivity contribution in [3.63, 3.8) is 0 Å². The van der Waals surface area contributed by atoms with Crippen LogP contribution in [0.2, 0.25) is 0 Å². The standard InChI is InChI=1S/C13H26N2O/c1-10(2)12(3,4)9-14-11(16)13(5)7-6-8-15-13/h10,15H,6-9H2,1-5H3,(H,14,16). The second-order valence-corrected chi connectivity index (χ2v) is 6.19. The van der Waals surface area contributed by atoms with Crippen molar-refractivity contribution in [1.29, 1.82) is 0 Å². The second kappa shape index (κ2) is 4.74. The van der Waals surface area contributed by atoms with Gasteiger partial charge in [0.1, 0.15) is 0 Å². The lowest BCUT2D eigenvalue weighted by Gasteiger charge is -2.31. The van der Waals surface area contributed by atoms with Crippen LogP contribution in [0, 0.1) is 11.3 Å². The van der Waals surface area contributed by atoms with E-state index >= 15 is 0 Å². The molecule has 3 nitrogen and oxygen atoms in total. The van der Waals surface area contributed by atoms with E-state index in [9.17, 15) is 4.79 Å². The molecule has 1 saturated heterocycles. The fourth-order valence-electron chi connectivity index (χ4n) is 1.80. The Bertz CT molecular complexity index is 253. The molecule has 1 heterocycles. The smallest absolute Gasteiger partial charge is 0.240 e. The summed E-state index contributed by atoms with van der Waals surface area (Å²) in [5.41, 5.74) is -0.183. The highest BCUT2D eigenvalue weighted by molar-refractivity contribution is 5.86. The number of rotatable bonds is 4. The van der Waals surface area contributed by atoms with Crippen molar-refractivity contribution in [2.24, 2.45) is 11.3 Å². The number of hydrogen-bond acceptors (Lipinski definition) is 2. The van der Waals surface area contributed by atoms with E-state index < -0.39 is 0 Å². The van der Waals surface area contributed by atoms with E-state index in [0.29, 0.717) is 5.92 Å². The maximum atomic E-state index is 12.1. The summed E-state index contributed by atoms with van der Waals surface area (Å²) >= 11 is 0. The van der Waals surface area contributed by atoms with Gasteiger partial charge < -0.3 is 10.6 Å². The van der Waals surface area contributed by atoms with E-state index in [2.05, 4.69) is 38.3 Å². The summed E-state index contributed by atoms with van der Waals surface area (Å²) in [5, 5.41) is 6.37. The van der Waals surface area contributed by atoms with Crippen molar-refractivity contribution in [2.75, 3.05) is 13.1 Å². The number of carbonyl (C=O) groups excluding carboxylic acids is 1. The van der Waals surface area contributed by atoms with Crippen LogP contribution in [-0.4, -0.2) is 24.5 Å². The Morgan fingerprint density at radius 1 is 1.50 bits per heavy atom. The van der Waals surface area contributed by atoms with Crippen LogP contribution in [0.15, 0.2) is 0 Å². The van der Waals surface area contributed by atoms with Gasteiger partial charge >= 0.3 is 0 Å². The summed E-state index contributed by atoms with van der Waals surface area (Å²) in [5.74, 6) is 0.718. The van der Waals surface area contributed by atoms with Crippen molar-refractivity contribution in [2.45, 2.75) is 53.0 Å². The van der Waals surface area contributed by atoms with Crippen LogP contribution in [0.3, 0.4) is 0 Å². The molecule has 1 fully saturated rings. The molecule has 1 atom stereocenters. The minimum atomic E-state index is -0.340. The molecule has 0 saturated carbocycles. The molecule has 0 aromatic heterocycles. The predicted molar refractivity (Wildman–Crippen MR) is 67.3 cm³/mol. The maximum absolute atomic E-state index is 12.1. The summed E-state index contributed by atoms with van der Waals surface area (Å²) in [4.78, 5) is 12.1. The SMILES string of the molecule is CC(C)C(C)(C)CNC(=O)C1(C)CCCN1. The molecule has 0 aromatic carbocycles. The third kappa shape index (κ3) is 2.97. The van der Waals surface area contributed by atoms with Crippen LogP contribution in [0.1, 0.15) is 47.5 Å². The Balaban J connectivity index is 2.47. The van der Waals surface area contributed by atoms with E-state index in [0.717, 1.165) is 25.9 Å². The van der Waals surface area contributed by atoms with Gasteiger partial charge in [-0.25, -0.2) is 0 Å². The third-order valence-electron chi connectivity index (χ3n) is 4.14. The van der Waals surface area contributed by atoms with Gasteiger partial charge in [0.2, 0.25) is 5.91 Å². The largest absolute Gasteiger partial charge is 0.354 e. The zero-order valence-electron chi connectivity index (χ0n) is 11.3. The van der Waals surface area contributed by atoms with Gasteiger partial charge in [-0.1, -0.05) is 27.7 Å². The Morgan fingerprint density at radius 2 is 2.12 bits per heavy atom. The molecular formula is C13H26N2O. The van der Waals surface area contributed by atoms with Crippen molar-refractivity contribution in [3.8, 4) is 0 Å². The molecule has 1 rings (SSSR count). The minimum absolute atomic E-state index is 0.152. The molecular weight excluding hydrogens is 200 g/mol. The van der Waals surface area contributed by atoms with Gasteiger partial charge in [0.25, 0.3) is 0 Å². The molecule has 0 radical (unpaired) electrons. The van der Waals surface area contributed by atoms with E-state index in [-0.39, 0.29) is 16.9 Å². The Kier molecular flexibility index (Phi) is 4.00. The molecule has 0 aliphatic carbocycles. The lowest BCUT2D eigenvalue weighted by Crippen LogP contribution is -2.53. The van der Waals surface area contributed by atoms with E-state index in [1.54, 1.807) is 0 Å². The second-order valence-electron chi connectivity index (χ2n) is 6.19. The van der Waals surface area contributed by atoms with Gasteiger partial charge in [-0.15, -0.1) is 0 Å². The lowest BCUT2D eigenvalue weighted by molar-refractivity contribution is -0.127. The van der Waals surface area contributed by atoms with Crippen molar-refractivity contribution in [1.82, 2.24) is 10.6 Å². The van der Waals surface area contributed by atoms with Crippen LogP contribution in [0.4, 0.5) is 0 Å². The highest BCUT2D eigenvalue weighted by Crippen LogP contribution is 2.25. The highest BCUT2D eigenvalue weighted by Gasteiger charge is 2.36. The fourth-order valence-corrected chi connectivity index (χ4v) is 1.80. The highest BCUT2D eigenvalue weighted by atomic mass is 16.2. The molecule has 0 spiro atoms. The van der Waals surface area contributed by atoms with Gasteiger partial charge in [-0.05, 0) is 37.6 Å². The summed E-state index contributed by atoms with van der Waals surface area (Å²) in [6, 6.07) is 0. The Morgan fingerprint density at radius 3 is 2.56 bits per heavy atom. The first kappa shape index (κ1) is 13.5. The predicted octanol–water partition coefficient (Wildman–Crippen LogP) is 1.93.